The van der Waals surface area contributed by atoms with Gasteiger partial charge in [0.15, 0.2) is 0 Å². The van der Waals surface area contributed by atoms with Crippen LogP contribution in [0.1, 0.15) is 38.8 Å². The quantitative estimate of drug-likeness (QED) is 0.812. The highest BCUT2D eigenvalue weighted by Gasteiger charge is 2.19. The maximum absolute atomic E-state index is 5.64. The molecular weight excluding hydrogens is 220 g/mol. The second-order valence-electron chi connectivity index (χ2n) is 6.21. The Morgan fingerprint density at radius 2 is 1.78 bits per heavy atom. The highest BCUT2D eigenvalue weighted by atomic mass is 14.9. The molecule has 0 aromatic heterocycles. The van der Waals surface area contributed by atoms with Gasteiger partial charge in [0.25, 0.3) is 0 Å². The molecule has 2 heteroatoms. The lowest BCUT2D eigenvalue weighted by Crippen LogP contribution is -2.29. The standard InChI is InChI=1S/C16H28N2/c1-13(16(2,3)4)11-18-12-15-8-6-5-7-14(15)9-10-17/h5-8,13,18H,9-12,17H2,1-4H3. The maximum Gasteiger partial charge on any atom is 0.0208 e. The zero-order valence-corrected chi connectivity index (χ0v) is 12.3. The molecule has 0 bridgehead atoms. The molecule has 0 aliphatic heterocycles. The second kappa shape index (κ2) is 6.91. The van der Waals surface area contributed by atoms with Crippen molar-refractivity contribution in [3.05, 3.63) is 35.4 Å². The van der Waals surface area contributed by atoms with Gasteiger partial charge in [-0.3, -0.25) is 0 Å². The summed E-state index contributed by atoms with van der Waals surface area (Å²) in [6, 6.07) is 8.56. The summed E-state index contributed by atoms with van der Waals surface area (Å²) in [4.78, 5) is 0. The third kappa shape index (κ3) is 4.79. The van der Waals surface area contributed by atoms with Crippen molar-refractivity contribution in [2.45, 2.75) is 40.7 Å². The zero-order valence-electron chi connectivity index (χ0n) is 12.3. The molecule has 0 saturated carbocycles. The first kappa shape index (κ1) is 15.2. The Balaban J connectivity index is 2.49. The maximum atomic E-state index is 5.64. The van der Waals surface area contributed by atoms with E-state index in [4.69, 9.17) is 5.73 Å². The Kier molecular flexibility index (Phi) is 5.83. The van der Waals surface area contributed by atoms with Gasteiger partial charge in [-0.25, -0.2) is 0 Å². The van der Waals surface area contributed by atoms with Crippen molar-refractivity contribution in [1.82, 2.24) is 5.32 Å². The second-order valence-corrected chi connectivity index (χ2v) is 6.21. The van der Waals surface area contributed by atoms with E-state index in [-0.39, 0.29) is 0 Å². The fraction of sp³-hybridized carbons (Fsp3) is 0.625. The fourth-order valence-electron chi connectivity index (χ4n) is 1.86. The first-order valence-corrected chi connectivity index (χ1v) is 6.92. The van der Waals surface area contributed by atoms with Gasteiger partial charge in [-0.15, -0.1) is 0 Å². The number of benzene rings is 1. The van der Waals surface area contributed by atoms with Gasteiger partial charge in [0, 0.05) is 6.54 Å². The summed E-state index contributed by atoms with van der Waals surface area (Å²) in [5, 5.41) is 3.57. The van der Waals surface area contributed by atoms with Gasteiger partial charge in [-0.1, -0.05) is 52.0 Å². The van der Waals surface area contributed by atoms with Crippen molar-refractivity contribution in [1.29, 1.82) is 0 Å². The normalized spacial score (nSPS) is 13.6. The number of nitrogens with one attached hydrogen (secondary N) is 1. The molecule has 102 valence electrons. The van der Waals surface area contributed by atoms with Gasteiger partial charge in [-0.2, -0.15) is 0 Å². The summed E-state index contributed by atoms with van der Waals surface area (Å²) in [6.07, 6.45) is 0.965. The molecule has 2 nitrogen and oxygen atoms in total. The van der Waals surface area contributed by atoms with Crippen molar-refractivity contribution in [2.75, 3.05) is 13.1 Å². The van der Waals surface area contributed by atoms with Crippen LogP contribution in [0, 0.1) is 11.3 Å². The van der Waals surface area contributed by atoms with Crippen molar-refractivity contribution in [3.63, 3.8) is 0 Å². The highest BCUT2D eigenvalue weighted by molar-refractivity contribution is 5.27. The van der Waals surface area contributed by atoms with E-state index in [1.165, 1.54) is 11.1 Å². The molecule has 1 aromatic carbocycles. The average Bonchev–Trinajstić information content (AvgIpc) is 2.30. The third-order valence-electron chi connectivity index (χ3n) is 3.78. The molecule has 0 heterocycles. The zero-order chi connectivity index (χ0) is 13.6. The van der Waals surface area contributed by atoms with Crippen molar-refractivity contribution < 1.29 is 0 Å². The first-order valence-electron chi connectivity index (χ1n) is 6.92. The molecule has 0 spiro atoms. The Labute approximate surface area is 112 Å². The minimum atomic E-state index is 0.365. The van der Waals surface area contributed by atoms with E-state index in [2.05, 4.69) is 57.3 Å². The van der Waals surface area contributed by atoms with Crippen LogP contribution in [-0.2, 0) is 13.0 Å². The highest BCUT2D eigenvalue weighted by Crippen LogP contribution is 2.24. The van der Waals surface area contributed by atoms with Gasteiger partial charge in [0.1, 0.15) is 0 Å². The molecule has 1 aromatic rings. The van der Waals surface area contributed by atoms with Crippen molar-refractivity contribution >= 4 is 0 Å². The minimum absolute atomic E-state index is 0.365. The Bertz CT molecular complexity index is 352. The van der Waals surface area contributed by atoms with E-state index >= 15 is 0 Å². The predicted octanol–water partition coefficient (Wildman–Crippen LogP) is 2.96. The fourth-order valence-corrected chi connectivity index (χ4v) is 1.86. The van der Waals surface area contributed by atoms with Crippen LogP contribution in [0.5, 0.6) is 0 Å². The molecule has 0 saturated heterocycles. The number of hydrogen-bond acceptors (Lipinski definition) is 2. The summed E-state index contributed by atoms with van der Waals surface area (Å²) >= 11 is 0. The summed E-state index contributed by atoms with van der Waals surface area (Å²) < 4.78 is 0. The van der Waals surface area contributed by atoms with E-state index in [9.17, 15) is 0 Å². The molecule has 3 N–H and O–H groups in total. The van der Waals surface area contributed by atoms with Gasteiger partial charge in [-0.05, 0) is 42.0 Å². The van der Waals surface area contributed by atoms with Crippen LogP contribution in [0.2, 0.25) is 0 Å². The summed E-state index contributed by atoms with van der Waals surface area (Å²) in [5.74, 6) is 0.666. The topological polar surface area (TPSA) is 38.0 Å². The van der Waals surface area contributed by atoms with Crippen LogP contribution in [0.15, 0.2) is 24.3 Å². The monoisotopic (exact) mass is 248 g/mol. The van der Waals surface area contributed by atoms with E-state index in [0.29, 0.717) is 11.3 Å². The number of rotatable bonds is 6. The summed E-state index contributed by atoms with van der Waals surface area (Å²) in [7, 11) is 0. The smallest absolute Gasteiger partial charge is 0.0208 e. The third-order valence-corrected chi connectivity index (χ3v) is 3.78. The SMILES string of the molecule is CC(CNCc1ccccc1CCN)C(C)(C)C. The van der Waals surface area contributed by atoms with Gasteiger partial charge in [0.2, 0.25) is 0 Å². The van der Waals surface area contributed by atoms with Crippen LogP contribution in [0.3, 0.4) is 0 Å². The van der Waals surface area contributed by atoms with Gasteiger partial charge < -0.3 is 11.1 Å². The van der Waals surface area contributed by atoms with Crippen LogP contribution in [0.25, 0.3) is 0 Å². The molecule has 0 fully saturated rings. The van der Waals surface area contributed by atoms with Crippen LogP contribution >= 0.6 is 0 Å². The predicted molar refractivity (Wildman–Crippen MR) is 79.5 cm³/mol. The van der Waals surface area contributed by atoms with Crippen molar-refractivity contribution in [2.24, 2.45) is 17.1 Å². The summed E-state index contributed by atoms with van der Waals surface area (Å²) in [6.45, 7) is 11.9. The first-order chi connectivity index (χ1) is 8.45. The number of nitrogens with two attached hydrogens (primary N) is 1. The molecule has 1 unspecified atom stereocenters. The Morgan fingerprint density at radius 3 is 2.33 bits per heavy atom. The van der Waals surface area contributed by atoms with Crippen LogP contribution < -0.4 is 11.1 Å². The van der Waals surface area contributed by atoms with E-state index in [1.54, 1.807) is 0 Å². The lowest BCUT2D eigenvalue weighted by molar-refractivity contribution is 0.252. The van der Waals surface area contributed by atoms with Crippen LogP contribution in [-0.4, -0.2) is 13.1 Å². The molecular formula is C16H28N2. The molecule has 18 heavy (non-hydrogen) atoms. The number of hydrogen-bond donors (Lipinski definition) is 2. The van der Waals surface area contributed by atoms with Gasteiger partial charge >= 0.3 is 0 Å². The molecule has 0 aliphatic rings. The molecule has 1 rings (SSSR count). The Hall–Kier alpha value is -0.860. The Morgan fingerprint density at radius 1 is 1.17 bits per heavy atom. The molecule has 0 radical (unpaired) electrons. The molecule has 0 amide bonds. The summed E-state index contributed by atoms with van der Waals surface area (Å²) in [5.41, 5.74) is 8.76. The largest absolute Gasteiger partial charge is 0.330 e. The lowest BCUT2D eigenvalue weighted by Gasteiger charge is -2.27. The van der Waals surface area contributed by atoms with E-state index in [0.717, 1.165) is 26.1 Å². The lowest BCUT2D eigenvalue weighted by atomic mass is 9.82. The molecule has 0 aliphatic carbocycles. The van der Waals surface area contributed by atoms with E-state index < -0.39 is 0 Å². The van der Waals surface area contributed by atoms with Gasteiger partial charge in [0.05, 0.1) is 0 Å². The minimum Gasteiger partial charge on any atom is -0.330 e. The van der Waals surface area contributed by atoms with E-state index in [1.807, 2.05) is 0 Å². The average molecular weight is 248 g/mol. The molecule has 1 atom stereocenters. The van der Waals surface area contributed by atoms with Crippen LogP contribution in [0.4, 0.5) is 0 Å². The van der Waals surface area contributed by atoms with Crippen molar-refractivity contribution in [3.8, 4) is 0 Å².